The number of carbonyl (C=O) groups is 1. The molecule has 0 aliphatic heterocycles. The molecule has 3 aromatic rings. The van der Waals surface area contributed by atoms with Crippen molar-refractivity contribution < 1.29 is 9.90 Å². The lowest BCUT2D eigenvalue weighted by Crippen LogP contribution is -2.33. The smallest absolute Gasteiger partial charge is 0.326 e. The zero-order valence-corrected chi connectivity index (χ0v) is 16.2. The predicted molar refractivity (Wildman–Crippen MR) is 105 cm³/mol. The lowest BCUT2D eigenvalue weighted by Gasteiger charge is -2.17. The van der Waals surface area contributed by atoms with Gasteiger partial charge in [0.1, 0.15) is 16.7 Å². The van der Waals surface area contributed by atoms with E-state index < -0.39 is 12.0 Å². The minimum Gasteiger partial charge on any atom is -0.480 e. The highest BCUT2D eigenvalue weighted by Gasteiger charge is 2.26. The second kappa shape index (κ2) is 7.03. The Hall–Kier alpha value is -2.47. The summed E-state index contributed by atoms with van der Waals surface area (Å²) in [4.78, 5) is 31.4. The third-order valence-corrected chi connectivity index (χ3v) is 5.65. The summed E-state index contributed by atoms with van der Waals surface area (Å²) in [6.07, 6.45) is 0.837. The molecule has 0 saturated carbocycles. The summed E-state index contributed by atoms with van der Waals surface area (Å²) in [5.41, 5.74) is 2.70. The molecule has 0 saturated heterocycles. The molecule has 1 atom stereocenters. The van der Waals surface area contributed by atoms with Crippen LogP contribution < -0.4 is 5.56 Å². The van der Waals surface area contributed by atoms with Crippen LogP contribution in [0.1, 0.15) is 42.6 Å². The number of benzene rings is 1. The number of carboxylic acid groups (broad SMARTS) is 1. The maximum Gasteiger partial charge on any atom is 0.326 e. The summed E-state index contributed by atoms with van der Waals surface area (Å²) < 4.78 is 1.37. The van der Waals surface area contributed by atoms with Gasteiger partial charge in [-0.25, -0.2) is 9.78 Å². The molecule has 6 heteroatoms. The van der Waals surface area contributed by atoms with Gasteiger partial charge in [-0.3, -0.25) is 9.36 Å². The average molecular weight is 370 g/mol. The van der Waals surface area contributed by atoms with Crippen LogP contribution in [0.3, 0.4) is 0 Å². The van der Waals surface area contributed by atoms with Crippen molar-refractivity contribution in [1.29, 1.82) is 0 Å². The van der Waals surface area contributed by atoms with E-state index in [9.17, 15) is 14.7 Å². The first-order valence-electron chi connectivity index (χ1n) is 8.73. The summed E-state index contributed by atoms with van der Waals surface area (Å²) in [7, 11) is 0. The predicted octanol–water partition coefficient (Wildman–Crippen LogP) is 4.34. The fourth-order valence-electron chi connectivity index (χ4n) is 3.32. The van der Waals surface area contributed by atoms with Gasteiger partial charge >= 0.3 is 5.97 Å². The number of hydrogen-bond acceptors (Lipinski definition) is 4. The number of nitrogens with zero attached hydrogens (tertiary/aromatic N) is 2. The Kier molecular flexibility index (Phi) is 4.96. The molecule has 3 rings (SSSR count). The van der Waals surface area contributed by atoms with Crippen LogP contribution in [0.2, 0.25) is 0 Å². The van der Waals surface area contributed by atoms with Gasteiger partial charge in [0.25, 0.3) is 5.56 Å². The molecule has 1 unspecified atom stereocenters. The fraction of sp³-hybridized carbons (Fsp3) is 0.350. The summed E-state index contributed by atoms with van der Waals surface area (Å²) in [6, 6.07) is 7.11. The molecule has 2 heterocycles. The fourth-order valence-corrected chi connectivity index (χ4v) is 4.38. The van der Waals surface area contributed by atoms with Gasteiger partial charge in [0, 0.05) is 16.9 Å². The maximum absolute atomic E-state index is 13.4. The Morgan fingerprint density at radius 2 is 1.88 bits per heavy atom. The van der Waals surface area contributed by atoms with E-state index in [0.717, 1.165) is 21.6 Å². The molecule has 0 radical (unpaired) electrons. The number of aromatic nitrogens is 2. The van der Waals surface area contributed by atoms with Crippen molar-refractivity contribution in [3.8, 4) is 11.1 Å². The molecule has 0 spiro atoms. The SMILES string of the molecule is CCc1nc2sc(C)c(-c3ccc(C)cc3)c2c(=O)n1C(CC)C(=O)O. The van der Waals surface area contributed by atoms with Crippen molar-refractivity contribution >= 4 is 27.5 Å². The van der Waals surface area contributed by atoms with Gasteiger partial charge in [-0.05, 0) is 25.8 Å². The second-order valence-corrected chi connectivity index (χ2v) is 7.60. The Morgan fingerprint density at radius 3 is 2.42 bits per heavy atom. The van der Waals surface area contributed by atoms with Gasteiger partial charge in [0.2, 0.25) is 0 Å². The van der Waals surface area contributed by atoms with Crippen molar-refractivity contribution in [2.24, 2.45) is 0 Å². The minimum absolute atomic E-state index is 0.263. The van der Waals surface area contributed by atoms with Gasteiger partial charge in [-0.2, -0.15) is 0 Å². The molecule has 0 fully saturated rings. The zero-order chi connectivity index (χ0) is 19.0. The van der Waals surface area contributed by atoms with E-state index in [4.69, 9.17) is 0 Å². The summed E-state index contributed by atoms with van der Waals surface area (Å²) in [6.45, 7) is 7.66. The van der Waals surface area contributed by atoms with E-state index in [1.165, 1.54) is 15.9 Å². The zero-order valence-electron chi connectivity index (χ0n) is 15.4. The Bertz CT molecular complexity index is 1030. The van der Waals surface area contributed by atoms with Gasteiger partial charge in [0.05, 0.1) is 5.39 Å². The molecular formula is C20H22N2O3S. The first-order chi connectivity index (χ1) is 12.4. The standard InChI is InChI=1S/C20H22N2O3S/c1-5-14(20(24)25)22-15(6-2)21-18-17(19(22)23)16(12(4)26-18)13-9-7-11(3)8-10-13/h7-10,14H,5-6H2,1-4H3,(H,24,25). The van der Waals surface area contributed by atoms with Gasteiger partial charge < -0.3 is 5.11 Å². The number of fused-ring (bicyclic) bond motifs is 1. The Morgan fingerprint density at radius 1 is 1.23 bits per heavy atom. The minimum atomic E-state index is -1.01. The van der Waals surface area contributed by atoms with Crippen LogP contribution in [0, 0.1) is 13.8 Å². The van der Waals surface area contributed by atoms with E-state index in [2.05, 4.69) is 4.98 Å². The van der Waals surface area contributed by atoms with Crippen LogP contribution in [0.4, 0.5) is 0 Å². The van der Waals surface area contributed by atoms with Crippen LogP contribution in [-0.2, 0) is 11.2 Å². The topological polar surface area (TPSA) is 72.2 Å². The molecule has 0 aliphatic rings. The molecule has 5 nitrogen and oxygen atoms in total. The first kappa shape index (κ1) is 18.3. The summed E-state index contributed by atoms with van der Waals surface area (Å²) >= 11 is 1.49. The van der Waals surface area contributed by atoms with Crippen molar-refractivity contribution in [2.45, 2.75) is 46.6 Å². The van der Waals surface area contributed by atoms with E-state index in [1.54, 1.807) is 6.92 Å². The van der Waals surface area contributed by atoms with Crippen molar-refractivity contribution in [1.82, 2.24) is 9.55 Å². The van der Waals surface area contributed by atoms with Crippen LogP contribution in [0.5, 0.6) is 0 Å². The highest BCUT2D eigenvalue weighted by Crippen LogP contribution is 2.36. The number of thiophene rings is 1. The van der Waals surface area contributed by atoms with Crippen molar-refractivity contribution in [2.75, 3.05) is 0 Å². The largest absolute Gasteiger partial charge is 0.480 e. The molecule has 1 aromatic carbocycles. The quantitative estimate of drug-likeness (QED) is 0.725. The third-order valence-electron chi connectivity index (χ3n) is 4.65. The van der Waals surface area contributed by atoms with Gasteiger partial charge in [-0.1, -0.05) is 43.7 Å². The Labute approximate surface area is 155 Å². The van der Waals surface area contributed by atoms with Crippen LogP contribution in [-0.4, -0.2) is 20.6 Å². The molecule has 2 aromatic heterocycles. The average Bonchev–Trinajstić information content (AvgIpc) is 2.94. The molecule has 0 amide bonds. The number of aliphatic carboxylic acids is 1. The van der Waals surface area contributed by atoms with E-state index in [-0.39, 0.29) is 5.56 Å². The van der Waals surface area contributed by atoms with Crippen LogP contribution in [0.15, 0.2) is 29.1 Å². The lowest BCUT2D eigenvalue weighted by atomic mass is 10.0. The van der Waals surface area contributed by atoms with E-state index >= 15 is 0 Å². The van der Waals surface area contributed by atoms with E-state index in [1.807, 2.05) is 45.0 Å². The number of carboxylic acids is 1. The first-order valence-corrected chi connectivity index (χ1v) is 9.55. The maximum atomic E-state index is 13.4. The third kappa shape index (κ3) is 2.94. The van der Waals surface area contributed by atoms with Gasteiger partial charge in [-0.15, -0.1) is 11.3 Å². The van der Waals surface area contributed by atoms with Crippen LogP contribution >= 0.6 is 11.3 Å². The van der Waals surface area contributed by atoms with Gasteiger partial charge in [0.15, 0.2) is 0 Å². The molecule has 1 N–H and O–H groups in total. The summed E-state index contributed by atoms with van der Waals surface area (Å²) in [5, 5.41) is 10.1. The lowest BCUT2D eigenvalue weighted by molar-refractivity contribution is -0.141. The van der Waals surface area contributed by atoms with E-state index in [0.29, 0.717) is 28.9 Å². The molecule has 0 aliphatic carbocycles. The highest BCUT2D eigenvalue weighted by molar-refractivity contribution is 7.19. The van der Waals surface area contributed by atoms with Crippen molar-refractivity contribution in [3.63, 3.8) is 0 Å². The highest BCUT2D eigenvalue weighted by atomic mass is 32.1. The molecule has 136 valence electrons. The Balaban J connectivity index is 2.39. The second-order valence-electron chi connectivity index (χ2n) is 6.40. The number of aryl methyl sites for hydroxylation is 3. The van der Waals surface area contributed by atoms with Crippen molar-refractivity contribution in [3.05, 3.63) is 50.9 Å². The molecule has 26 heavy (non-hydrogen) atoms. The van der Waals surface area contributed by atoms with Crippen LogP contribution in [0.25, 0.3) is 21.3 Å². The normalized spacial score (nSPS) is 12.5. The monoisotopic (exact) mass is 370 g/mol. The molecular weight excluding hydrogens is 348 g/mol. The number of rotatable bonds is 5. The molecule has 0 bridgehead atoms. The summed E-state index contributed by atoms with van der Waals surface area (Å²) in [5.74, 6) is -0.484. The number of hydrogen-bond donors (Lipinski definition) is 1.